The van der Waals surface area contributed by atoms with E-state index in [4.69, 9.17) is 11.6 Å². The van der Waals surface area contributed by atoms with Gasteiger partial charge in [-0.2, -0.15) is 0 Å². The Kier molecular flexibility index (Phi) is 3.01. The van der Waals surface area contributed by atoms with Gasteiger partial charge in [-0.25, -0.2) is 4.68 Å². The number of halogens is 1. The van der Waals surface area contributed by atoms with Crippen LogP contribution in [0.2, 0.25) is 5.02 Å². The van der Waals surface area contributed by atoms with Crippen molar-refractivity contribution in [2.24, 2.45) is 0 Å². The maximum absolute atomic E-state index is 10.6. The Morgan fingerprint density at radius 3 is 2.94 bits per heavy atom. The lowest BCUT2D eigenvalue weighted by molar-refractivity contribution is 0.111. The molecule has 0 fully saturated rings. The van der Waals surface area contributed by atoms with Crippen molar-refractivity contribution in [3.05, 3.63) is 46.2 Å². The minimum atomic E-state index is 0.377. The second-order valence-corrected chi connectivity index (χ2v) is 3.90. The standard InChI is InChI=1S/C11H10ClN3O/c1-8-11(7-16)13-14-15(8)6-9-3-2-4-10(12)5-9/h2-5,7H,6H2,1H3. The topological polar surface area (TPSA) is 47.8 Å². The van der Waals surface area contributed by atoms with Gasteiger partial charge < -0.3 is 0 Å². The van der Waals surface area contributed by atoms with E-state index in [1.54, 1.807) is 4.68 Å². The number of hydrogen-bond acceptors (Lipinski definition) is 3. The molecular weight excluding hydrogens is 226 g/mol. The number of carbonyl (C=O) groups excluding carboxylic acids is 1. The largest absolute Gasteiger partial charge is 0.296 e. The van der Waals surface area contributed by atoms with Crippen LogP contribution in [0.4, 0.5) is 0 Å². The van der Waals surface area contributed by atoms with Crippen LogP contribution in [0.25, 0.3) is 0 Å². The summed E-state index contributed by atoms with van der Waals surface area (Å²) in [5, 5.41) is 8.35. The fourth-order valence-corrected chi connectivity index (χ4v) is 1.65. The minimum Gasteiger partial charge on any atom is -0.296 e. The zero-order valence-electron chi connectivity index (χ0n) is 8.72. The molecular formula is C11H10ClN3O. The van der Waals surface area contributed by atoms with E-state index in [9.17, 15) is 4.79 Å². The molecule has 0 bridgehead atoms. The summed E-state index contributed by atoms with van der Waals surface area (Å²) in [6.07, 6.45) is 0.705. The molecule has 16 heavy (non-hydrogen) atoms. The molecule has 0 unspecified atom stereocenters. The van der Waals surface area contributed by atoms with Gasteiger partial charge in [0, 0.05) is 5.02 Å². The van der Waals surface area contributed by atoms with Gasteiger partial charge in [0.05, 0.1) is 12.2 Å². The summed E-state index contributed by atoms with van der Waals surface area (Å²) in [5.74, 6) is 0. The van der Waals surface area contributed by atoms with Gasteiger partial charge in [-0.15, -0.1) is 5.10 Å². The molecule has 0 atom stereocenters. The van der Waals surface area contributed by atoms with Gasteiger partial charge in [0.1, 0.15) is 5.69 Å². The zero-order chi connectivity index (χ0) is 11.5. The van der Waals surface area contributed by atoms with Crippen LogP contribution in [0.5, 0.6) is 0 Å². The van der Waals surface area contributed by atoms with Crippen molar-refractivity contribution in [2.75, 3.05) is 0 Å². The minimum absolute atomic E-state index is 0.377. The Labute approximate surface area is 97.8 Å². The molecule has 0 aliphatic heterocycles. The van der Waals surface area contributed by atoms with E-state index >= 15 is 0 Å². The number of aldehydes is 1. The first-order valence-corrected chi connectivity index (χ1v) is 5.18. The predicted molar refractivity (Wildman–Crippen MR) is 60.7 cm³/mol. The third-order valence-electron chi connectivity index (χ3n) is 2.35. The summed E-state index contributed by atoms with van der Waals surface area (Å²) in [7, 11) is 0. The summed E-state index contributed by atoms with van der Waals surface area (Å²) in [6, 6.07) is 7.51. The summed E-state index contributed by atoms with van der Waals surface area (Å²) in [4.78, 5) is 10.6. The second-order valence-electron chi connectivity index (χ2n) is 3.47. The van der Waals surface area contributed by atoms with Crippen molar-refractivity contribution in [1.82, 2.24) is 15.0 Å². The van der Waals surface area contributed by atoms with E-state index in [0.29, 0.717) is 23.5 Å². The summed E-state index contributed by atoms with van der Waals surface area (Å²) in [6.45, 7) is 2.38. The Morgan fingerprint density at radius 1 is 1.50 bits per heavy atom. The molecule has 0 N–H and O–H groups in total. The molecule has 0 amide bonds. The number of benzene rings is 1. The number of hydrogen-bond donors (Lipinski definition) is 0. The predicted octanol–water partition coefficient (Wildman–Crippen LogP) is 2.10. The number of rotatable bonds is 3. The molecule has 0 saturated carbocycles. The Morgan fingerprint density at radius 2 is 2.31 bits per heavy atom. The van der Waals surface area contributed by atoms with Crippen molar-refractivity contribution in [1.29, 1.82) is 0 Å². The number of carbonyl (C=O) groups is 1. The molecule has 1 aromatic heterocycles. The van der Waals surface area contributed by atoms with Crippen LogP contribution in [-0.2, 0) is 6.54 Å². The lowest BCUT2D eigenvalue weighted by Crippen LogP contribution is -2.04. The lowest BCUT2D eigenvalue weighted by atomic mass is 10.2. The molecule has 1 heterocycles. The third kappa shape index (κ3) is 2.12. The molecule has 0 aliphatic rings. The molecule has 82 valence electrons. The first-order chi connectivity index (χ1) is 7.70. The summed E-state index contributed by atoms with van der Waals surface area (Å²) in [5.41, 5.74) is 2.16. The quantitative estimate of drug-likeness (QED) is 0.766. The lowest BCUT2D eigenvalue weighted by Gasteiger charge is -2.03. The first kappa shape index (κ1) is 10.8. The average Bonchev–Trinajstić information content (AvgIpc) is 2.60. The van der Waals surface area contributed by atoms with Crippen molar-refractivity contribution < 1.29 is 4.79 Å². The smallest absolute Gasteiger partial charge is 0.172 e. The van der Waals surface area contributed by atoms with E-state index < -0.39 is 0 Å². The van der Waals surface area contributed by atoms with Gasteiger partial charge in [-0.05, 0) is 24.6 Å². The van der Waals surface area contributed by atoms with E-state index in [0.717, 1.165) is 11.3 Å². The fourth-order valence-electron chi connectivity index (χ4n) is 1.44. The molecule has 2 rings (SSSR count). The molecule has 4 nitrogen and oxygen atoms in total. The van der Waals surface area contributed by atoms with Gasteiger partial charge in [0.25, 0.3) is 0 Å². The molecule has 0 aliphatic carbocycles. The van der Waals surface area contributed by atoms with Crippen LogP contribution < -0.4 is 0 Å². The molecule has 2 aromatic rings. The van der Waals surface area contributed by atoms with Crippen molar-refractivity contribution in [3.8, 4) is 0 Å². The van der Waals surface area contributed by atoms with Crippen LogP contribution in [0.15, 0.2) is 24.3 Å². The highest BCUT2D eigenvalue weighted by atomic mass is 35.5. The van der Waals surface area contributed by atoms with Crippen LogP contribution in [-0.4, -0.2) is 21.3 Å². The average molecular weight is 236 g/mol. The van der Waals surface area contributed by atoms with Gasteiger partial charge in [0.15, 0.2) is 6.29 Å². The highest BCUT2D eigenvalue weighted by molar-refractivity contribution is 6.30. The van der Waals surface area contributed by atoms with E-state index in [1.165, 1.54) is 0 Å². The Hall–Kier alpha value is -1.68. The highest BCUT2D eigenvalue weighted by Gasteiger charge is 2.07. The zero-order valence-corrected chi connectivity index (χ0v) is 9.48. The molecule has 0 saturated heterocycles. The van der Waals surface area contributed by atoms with Crippen LogP contribution in [0.3, 0.4) is 0 Å². The van der Waals surface area contributed by atoms with Gasteiger partial charge in [-0.1, -0.05) is 28.9 Å². The summed E-state index contributed by atoms with van der Waals surface area (Å²) < 4.78 is 1.68. The van der Waals surface area contributed by atoms with E-state index in [-0.39, 0.29) is 0 Å². The number of nitrogens with zero attached hydrogens (tertiary/aromatic N) is 3. The molecule has 0 spiro atoms. The third-order valence-corrected chi connectivity index (χ3v) is 2.59. The fraction of sp³-hybridized carbons (Fsp3) is 0.182. The monoisotopic (exact) mass is 235 g/mol. The summed E-state index contributed by atoms with van der Waals surface area (Å²) >= 11 is 5.88. The second kappa shape index (κ2) is 4.45. The normalized spacial score (nSPS) is 10.4. The maximum Gasteiger partial charge on any atom is 0.172 e. The molecule has 0 radical (unpaired) electrons. The van der Waals surface area contributed by atoms with Crippen LogP contribution in [0.1, 0.15) is 21.7 Å². The maximum atomic E-state index is 10.6. The van der Waals surface area contributed by atoms with E-state index in [2.05, 4.69) is 10.3 Å². The molecule has 1 aromatic carbocycles. The van der Waals surface area contributed by atoms with Crippen molar-refractivity contribution in [3.63, 3.8) is 0 Å². The Bertz CT molecular complexity index is 522. The van der Waals surface area contributed by atoms with Crippen LogP contribution >= 0.6 is 11.6 Å². The molecule has 5 heteroatoms. The van der Waals surface area contributed by atoms with Crippen molar-refractivity contribution in [2.45, 2.75) is 13.5 Å². The number of aromatic nitrogens is 3. The van der Waals surface area contributed by atoms with Crippen molar-refractivity contribution >= 4 is 17.9 Å². The van der Waals surface area contributed by atoms with Gasteiger partial charge in [-0.3, -0.25) is 4.79 Å². The van der Waals surface area contributed by atoms with E-state index in [1.807, 2.05) is 31.2 Å². The SMILES string of the molecule is Cc1c(C=O)nnn1Cc1cccc(Cl)c1. The first-order valence-electron chi connectivity index (χ1n) is 4.80. The highest BCUT2D eigenvalue weighted by Crippen LogP contribution is 2.12. The van der Waals surface area contributed by atoms with Gasteiger partial charge >= 0.3 is 0 Å². The van der Waals surface area contributed by atoms with Gasteiger partial charge in [0.2, 0.25) is 0 Å². The Balaban J connectivity index is 2.27. The van der Waals surface area contributed by atoms with Crippen LogP contribution in [0, 0.1) is 6.92 Å².